The van der Waals surface area contributed by atoms with E-state index >= 15 is 0 Å². The zero-order chi connectivity index (χ0) is 23.2. The van der Waals surface area contributed by atoms with Crippen LogP contribution in [0.1, 0.15) is 61.1 Å². The highest BCUT2D eigenvalue weighted by molar-refractivity contribution is 7.99. The first-order valence-electron chi connectivity index (χ1n) is 11.1. The Balaban J connectivity index is 1.45. The number of hydrogen-bond donors (Lipinski definition) is 2. The molecule has 0 radical (unpaired) electrons. The number of ether oxygens (including phenoxy) is 1. The first kappa shape index (κ1) is 23.3. The average molecular weight is 486 g/mol. The van der Waals surface area contributed by atoms with Gasteiger partial charge in [0.15, 0.2) is 5.82 Å². The van der Waals surface area contributed by atoms with Crippen molar-refractivity contribution in [3.8, 4) is 11.1 Å². The Labute approximate surface area is 200 Å². The Morgan fingerprint density at radius 2 is 1.97 bits per heavy atom. The Kier molecular flexibility index (Phi) is 7.66. The third kappa shape index (κ3) is 5.39. The van der Waals surface area contributed by atoms with Crippen LogP contribution < -0.4 is 11.2 Å². The third-order valence-electron chi connectivity index (χ3n) is 5.60. The van der Waals surface area contributed by atoms with Crippen LogP contribution >= 0.6 is 23.1 Å². The summed E-state index contributed by atoms with van der Waals surface area (Å²) in [6, 6.07) is 9.56. The Morgan fingerprint density at radius 1 is 1.21 bits per heavy atom. The number of anilines is 1. The fourth-order valence-electron chi connectivity index (χ4n) is 4.00. The van der Waals surface area contributed by atoms with Crippen molar-refractivity contribution in [3.05, 3.63) is 47.1 Å². The van der Waals surface area contributed by atoms with Crippen LogP contribution in [0.25, 0.3) is 11.1 Å². The van der Waals surface area contributed by atoms with Gasteiger partial charge in [-0.1, -0.05) is 61.4 Å². The van der Waals surface area contributed by atoms with Crippen LogP contribution in [0.3, 0.4) is 0 Å². The molecule has 0 spiro atoms. The SMILES string of the molecule is CCOC(=O)c1c(-c2ccccc2)csc1NC(=O)CSc1nnc(C2CCCCC2)n1N. The molecule has 174 valence electrons. The van der Waals surface area contributed by atoms with Crippen LogP contribution in [0, 0.1) is 0 Å². The van der Waals surface area contributed by atoms with Crippen molar-refractivity contribution in [1.82, 2.24) is 14.9 Å². The van der Waals surface area contributed by atoms with Crippen molar-refractivity contribution in [1.29, 1.82) is 0 Å². The summed E-state index contributed by atoms with van der Waals surface area (Å²) in [5.74, 6) is 6.71. The maximum absolute atomic E-state index is 12.7. The van der Waals surface area contributed by atoms with Crippen LogP contribution in [0.2, 0.25) is 0 Å². The van der Waals surface area contributed by atoms with E-state index in [1.807, 2.05) is 35.7 Å². The Morgan fingerprint density at radius 3 is 2.70 bits per heavy atom. The van der Waals surface area contributed by atoms with Crippen molar-refractivity contribution >= 4 is 40.0 Å². The number of nitrogen functional groups attached to an aromatic ring is 1. The van der Waals surface area contributed by atoms with Crippen LogP contribution in [0.5, 0.6) is 0 Å². The zero-order valence-corrected chi connectivity index (χ0v) is 20.1. The summed E-state index contributed by atoms with van der Waals surface area (Å²) in [7, 11) is 0. The minimum atomic E-state index is -0.459. The lowest BCUT2D eigenvalue weighted by molar-refractivity contribution is -0.113. The number of esters is 1. The standard InChI is InChI=1S/C23H27N5O3S2/c1-2-31-22(30)19-17(15-9-5-3-6-10-15)13-32-21(19)25-18(29)14-33-23-27-26-20(28(23)24)16-11-7-4-8-12-16/h3,5-6,9-10,13,16H,2,4,7-8,11-12,14,24H2,1H3,(H,25,29). The molecule has 3 aromatic rings. The summed E-state index contributed by atoms with van der Waals surface area (Å²) in [4.78, 5) is 25.4. The Bertz CT molecular complexity index is 1110. The number of hydrogen-bond acceptors (Lipinski definition) is 8. The van der Waals surface area contributed by atoms with Gasteiger partial charge in [0.1, 0.15) is 10.6 Å². The highest BCUT2D eigenvalue weighted by atomic mass is 32.2. The van der Waals surface area contributed by atoms with Crippen molar-refractivity contribution in [2.45, 2.75) is 50.1 Å². The molecule has 1 amide bonds. The number of carbonyl (C=O) groups excluding carboxylic acids is 2. The highest BCUT2D eigenvalue weighted by Gasteiger charge is 2.25. The van der Waals surface area contributed by atoms with Crippen LogP contribution in [0.4, 0.5) is 5.00 Å². The zero-order valence-electron chi connectivity index (χ0n) is 18.5. The molecule has 0 saturated heterocycles. The molecule has 3 N–H and O–H groups in total. The molecule has 0 unspecified atom stereocenters. The van der Waals surface area contributed by atoms with E-state index in [0.29, 0.717) is 21.6 Å². The quantitative estimate of drug-likeness (QED) is 0.271. The molecule has 1 aliphatic carbocycles. The largest absolute Gasteiger partial charge is 0.462 e. The molecule has 2 heterocycles. The van der Waals surface area contributed by atoms with Gasteiger partial charge >= 0.3 is 5.97 Å². The van der Waals surface area contributed by atoms with E-state index in [4.69, 9.17) is 10.6 Å². The van der Waals surface area contributed by atoms with Crippen LogP contribution in [-0.4, -0.2) is 39.1 Å². The number of amides is 1. The second-order valence-corrected chi connectivity index (χ2v) is 9.64. The molecule has 1 fully saturated rings. The number of nitrogens with two attached hydrogens (primary N) is 1. The minimum Gasteiger partial charge on any atom is -0.462 e. The van der Waals surface area contributed by atoms with Crippen LogP contribution in [-0.2, 0) is 9.53 Å². The molecular formula is C23H27N5O3S2. The third-order valence-corrected chi connectivity index (χ3v) is 7.44. The van der Waals surface area contributed by atoms with Gasteiger partial charge in [-0.3, -0.25) is 4.79 Å². The van der Waals surface area contributed by atoms with Gasteiger partial charge in [-0.15, -0.1) is 21.5 Å². The number of thioether (sulfide) groups is 1. The van der Waals surface area contributed by atoms with E-state index in [0.717, 1.165) is 29.8 Å². The molecule has 0 aliphatic heterocycles. The molecule has 2 aromatic heterocycles. The monoisotopic (exact) mass is 485 g/mol. The number of nitrogens with zero attached hydrogens (tertiary/aromatic N) is 3. The smallest absolute Gasteiger partial charge is 0.341 e. The summed E-state index contributed by atoms with van der Waals surface area (Å²) < 4.78 is 6.76. The lowest BCUT2D eigenvalue weighted by Gasteiger charge is -2.20. The number of carbonyl (C=O) groups is 2. The van der Waals surface area contributed by atoms with Crippen LogP contribution in [0.15, 0.2) is 40.9 Å². The second-order valence-electron chi connectivity index (χ2n) is 7.82. The molecule has 1 aromatic carbocycles. The summed E-state index contributed by atoms with van der Waals surface area (Å²) in [6.07, 6.45) is 5.74. The van der Waals surface area contributed by atoms with Gasteiger partial charge in [-0.25, -0.2) is 9.47 Å². The van der Waals surface area contributed by atoms with E-state index < -0.39 is 5.97 Å². The first-order chi connectivity index (χ1) is 16.1. The first-order valence-corrected chi connectivity index (χ1v) is 12.9. The van der Waals surface area contributed by atoms with Gasteiger partial charge < -0.3 is 15.9 Å². The number of thiophene rings is 1. The van der Waals surface area contributed by atoms with E-state index in [2.05, 4.69) is 15.5 Å². The van der Waals surface area contributed by atoms with Crippen molar-refractivity contribution < 1.29 is 14.3 Å². The Hall–Kier alpha value is -2.85. The summed E-state index contributed by atoms with van der Waals surface area (Å²) in [5, 5.41) is 14.1. The van der Waals surface area contributed by atoms with E-state index in [-0.39, 0.29) is 18.3 Å². The lowest BCUT2D eigenvalue weighted by atomic mass is 9.89. The second kappa shape index (κ2) is 10.8. The molecule has 33 heavy (non-hydrogen) atoms. The summed E-state index contributed by atoms with van der Waals surface area (Å²) in [5.41, 5.74) is 1.99. The minimum absolute atomic E-state index is 0.0981. The number of benzene rings is 1. The molecule has 1 aliphatic rings. The van der Waals surface area contributed by atoms with Crippen molar-refractivity contribution in [3.63, 3.8) is 0 Å². The molecule has 0 bridgehead atoms. The van der Waals surface area contributed by atoms with E-state index in [1.165, 1.54) is 47.0 Å². The number of rotatable bonds is 8. The van der Waals surface area contributed by atoms with Gasteiger partial charge in [-0.05, 0) is 25.3 Å². The molecule has 8 nitrogen and oxygen atoms in total. The number of aromatic nitrogens is 3. The topological polar surface area (TPSA) is 112 Å². The maximum atomic E-state index is 12.7. The van der Waals surface area contributed by atoms with Gasteiger partial charge in [0.2, 0.25) is 11.1 Å². The molecule has 10 heteroatoms. The molecule has 0 atom stereocenters. The maximum Gasteiger partial charge on any atom is 0.341 e. The fourth-order valence-corrected chi connectivity index (χ4v) is 5.64. The van der Waals surface area contributed by atoms with Crippen molar-refractivity contribution in [2.24, 2.45) is 0 Å². The summed E-state index contributed by atoms with van der Waals surface area (Å²) >= 11 is 2.53. The van der Waals surface area contributed by atoms with Gasteiger partial charge in [0.05, 0.1) is 12.4 Å². The van der Waals surface area contributed by atoms with Gasteiger partial charge in [-0.2, -0.15) is 0 Å². The molecule has 1 saturated carbocycles. The van der Waals surface area contributed by atoms with Crippen molar-refractivity contribution in [2.75, 3.05) is 23.5 Å². The normalized spacial score (nSPS) is 14.2. The molecular weight excluding hydrogens is 458 g/mol. The highest BCUT2D eigenvalue weighted by Crippen LogP contribution is 2.36. The lowest BCUT2D eigenvalue weighted by Crippen LogP contribution is -2.20. The fraction of sp³-hybridized carbons (Fsp3) is 0.391. The summed E-state index contributed by atoms with van der Waals surface area (Å²) in [6.45, 7) is 2.01. The van der Waals surface area contributed by atoms with E-state index in [9.17, 15) is 9.59 Å². The van der Waals surface area contributed by atoms with Gasteiger partial charge in [0.25, 0.3) is 0 Å². The number of nitrogens with one attached hydrogen (secondary N) is 1. The molecule has 4 rings (SSSR count). The predicted octanol–water partition coefficient (Wildman–Crippen LogP) is 4.68. The van der Waals surface area contributed by atoms with E-state index in [1.54, 1.807) is 6.92 Å². The van der Waals surface area contributed by atoms with Gasteiger partial charge in [0, 0.05) is 16.9 Å². The average Bonchev–Trinajstić information content (AvgIpc) is 3.42. The predicted molar refractivity (Wildman–Crippen MR) is 131 cm³/mol.